The van der Waals surface area contributed by atoms with Gasteiger partial charge >= 0.3 is 29.6 Å². The average Bonchev–Trinajstić information content (AvgIpc) is 3.12. The fraction of sp³-hybridized carbons (Fsp3) is 0.280. The van der Waals surface area contributed by atoms with Crippen molar-refractivity contribution in [3.05, 3.63) is 77.7 Å². The number of carboxylic acid groups (broad SMARTS) is 1. The molecule has 2 aromatic carbocycles. The van der Waals surface area contributed by atoms with Gasteiger partial charge in [-0.1, -0.05) is 44.2 Å². The number of carbonyl (C=O) groups is 1. The zero-order valence-electron chi connectivity index (χ0n) is 19.0. The van der Waals surface area contributed by atoms with Crippen molar-refractivity contribution in [1.82, 2.24) is 9.78 Å². The van der Waals surface area contributed by atoms with Gasteiger partial charge < -0.3 is 20.1 Å². The van der Waals surface area contributed by atoms with E-state index in [1.165, 1.54) is 18.2 Å². The number of para-hydroxylation sites is 1. The van der Waals surface area contributed by atoms with Crippen molar-refractivity contribution in [2.24, 2.45) is 0 Å². The number of rotatable bonds is 9. The van der Waals surface area contributed by atoms with E-state index in [0.717, 1.165) is 28.2 Å². The Balaban J connectivity index is 0.00000385. The van der Waals surface area contributed by atoms with Gasteiger partial charge in [-0.2, -0.15) is 5.10 Å². The minimum atomic E-state index is -1.38. The van der Waals surface area contributed by atoms with Crippen molar-refractivity contribution >= 4 is 12.0 Å². The fourth-order valence-corrected chi connectivity index (χ4v) is 3.52. The largest absolute Gasteiger partial charge is 1.00 e. The smallest absolute Gasteiger partial charge is 0.550 e. The van der Waals surface area contributed by atoms with Gasteiger partial charge in [0.15, 0.2) is 0 Å². The zero-order chi connectivity index (χ0) is 23.3. The Hall–Kier alpha value is -2.29. The number of carbonyl (C=O) groups excluding carboxylic acids is 1. The first-order valence-corrected chi connectivity index (χ1v) is 10.4. The molecule has 0 amide bonds. The molecule has 2 N–H and O–H groups in total. The first-order valence-electron chi connectivity index (χ1n) is 10.4. The van der Waals surface area contributed by atoms with Crippen LogP contribution < -0.4 is 34.7 Å². The third-order valence-electron chi connectivity index (χ3n) is 5.02. The first kappa shape index (κ1) is 27.0. The molecule has 2 atom stereocenters. The van der Waals surface area contributed by atoms with E-state index in [0.29, 0.717) is 0 Å². The van der Waals surface area contributed by atoms with Gasteiger partial charge in [0.1, 0.15) is 5.82 Å². The Morgan fingerprint density at radius 2 is 1.76 bits per heavy atom. The van der Waals surface area contributed by atoms with Crippen LogP contribution in [0.25, 0.3) is 23.0 Å². The van der Waals surface area contributed by atoms with E-state index < -0.39 is 24.6 Å². The number of aliphatic hydroxyl groups excluding tert-OH is 2. The molecule has 168 valence electrons. The Morgan fingerprint density at radius 3 is 2.33 bits per heavy atom. The third-order valence-corrected chi connectivity index (χ3v) is 5.02. The molecule has 0 radical (unpaired) electrons. The second-order valence-corrected chi connectivity index (χ2v) is 7.95. The maximum Gasteiger partial charge on any atom is 1.00 e. The molecule has 3 rings (SSSR count). The van der Waals surface area contributed by atoms with Gasteiger partial charge in [-0.25, -0.2) is 9.07 Å². The predicted octanol–water partition coefficient (Wildman–Crippen LogP) is 0.0709. The summed E-state index contributed by atoms with van der Waals surface area (Å²) in [7, 11) is 0. The molecule has 33 heavy (non-hydrogen) atoms. The van der Waals surface area contributed by atoms with Crippen LogP contribution in [-0.2, 0) is 4.79 Å². The van der Waals surface area contributed by atoms with Crippen molar-refractivity contribution in [3.8, 4) is 16.9 Å². The number of halogens is 1. The van der Waals surface area contributed by atoms with Crippen LogP contribution in [0, 0.1) is 5.82 Å². The Labute approximate surface area is 214 Å². The molecule has 0 aliphatic carbocycles. The summed E-state index contributed by atoms with van der Waals surface area (Å²) in [6, 6.07) is 15.7. The van der Waals surface area contributed by atoms with Crippen molar-refractivity contribution in [2.75, 3.05) is 0 Å². The number of carboxylic acids is 1. The van der Waals surface area contributed by atoms with Crippen molar-refractivity contribution < 1.29 is 54.1 Å². The monoisotopic (exact) mass is 460 g/mol. The van der Waals surface area contributed by atoms with Crippen LogP contribution >= 0.6 is 0 Å². The van der Waals surface area contributed by atoms with E-state index in [2.05, 4.69) is 0 Å². The summed E-state index contributed by atoms with van der Waals surface area (Å²) in [5, 5.41) is 35.5. The number of nitrogens with zero attached hydrogens (tertiary/aromatic N) is 2. The van der Waals surface area contributed by atoms with Crippen molar-refractivity contribution in [1.29, 1.82) is 0 Å². The molecule has 0 saturated heterocycles. The van der Waals surface area contributed by atoms with Crippen LogP contribution in [0.4, 0.5) is 4.39 Å². The van der Waals surface area contributed by atoms with Gasteiger partial charge in [-0.05, 0) is 42.3 Å². The molecule has 0 spiro atoms. The van der Waals surface area contributed by atoms with Crippen LogP contribution in [-0.4, -0.2) is 38.2 Å². The van der Waals surface area contributed by atoms with Crippen LogP contribution in [0.3, 0.4) is 0 Å². The van der Waals surface area contributed by atoms with E-state index in [9.17, 15) is 24.5 Å². The molecule has 1 heterocycles. The molecule has 0 saturated carbocycles. The van der Waals surface area contributed by atoms with E-state index >= 15 is 0 Å². The second-order valence-electron chi connectivity index (χ2n) is 7.95. The predicted molar refractivity (Wildman–Crippen MR) is 118 cm³/mol. The van der Waals surface area contributed by atoms with Gasteiger partial charge in [0.05, 0.1) is 29.3 Å². The number of benzene rings is 2. The summed E-state index contributed by atoms with van der Waals surface area (Å²) < 4.78 is 15.4. The van der Waals surface area contributed by atoms with Crippen molar-refractivity contribution in [2.45, 2.75) is 44.8 Å². The summed E-state index contributed by atoms with van der Waals surface area (Å²) in [5.41, 5.74) is 3.86. The van der Waals surface area contributed by atoms with E-state index in [-0.39, 0.29) is 47.7 Å². The number of aliphatic hydroxyl groups is 2. The van der Waals surface area contributed by atoms with Gasteiger partial charge in [-0.15, -0.1) is 0 Å². The quantitative estimate of drug-likeness (QED) is 0.441. The van der Waals surface area contributed by atoms with Crippen LogP contribution in [0.1, 0.15) is 43.9 Å². The van der Waals surface area contributed by atoms with Gasteiger partial charge in [0.2, 0.25) is 0 Å². The second kappa shape index (κ2) is 12.3. The van der Waals surface area contributed by atoms with E-state index in [1.54, 1.807) is 22.9 Å². The fourth-order valence-electron chi connectivity index (χ4n) is 3.52. The molecule has 6 nitrogen and oxygen atoms in total. The summed E-state index contributed by atoms with van der Waals surface area (Å²) in [6.45, 7) is 4.01. The summed E-state index contributed by atoms with van der Waals surface area (Å²) >= 11 is 0. The number of aromatic nitrogens is 2. The molecular weight excluding hydrogens is 434 g/mol. The van der Waals surface area contributed by atoms with E-state index in [4.69, 9.17) is 5.10 Å². The standard InChI is InChI=1S/C25H27FN2O4.Na/c1-16(2)24-22(13-12-20(29)14-21(30)15-23(31)32)25(17-8-10-18(26)11-9-17)28(27-24)19-6-4-3-5-7-19;/h3-13,16,20-21,29-30H,14-15H2,1-2H3,(H,31,32);/q;+1/p-1/b13-12+;. The summed E-state index contributed by atoms with van der Waals surface area (Å²) in [6.07, 6.45) is 0.258. The molecular formula is C25H26FN2NaO4. The molecule has 0 fully saturated rings. The molecule has 0 aliphatic heterocycles. The topological polar surface area (TPSA) is 98.4 Å². The van der Waals surface area contributed by atoms with E-state index in [1.807, 2.05) is 44.2 Å². The summed E-state index contributed by atoms with van der Waals surface area (Å²) in [5.74, 6) is -1.67. The Kier molecular flexibility index (Phi) is 10.0. The molecule has 1 aromatic heterocycles. The molecule has 8 heteroatoms. The Bertz CT molecular complexity index is 1080. The average molecular weight is 460 g/mol. The van der Waals surface area contributed by atoms with Gasteiger partial charge in [0.25, 0.3) is 0 Å². The van der Waals surface area contributed by atoms with Crippen LogP contribution in [0.2, 0.25) is 0 Å². The molecule has 3 aromatic rings. The van der Waals surface area contributed by atoms with Crippen LogP contribution in [0.15, 0.2) is 60.7 Å². The number of aliphatic carboxylic acids is 1. The van der Waals surface area contributed by atoms with Crippen LogP contribution in [0.5, 0.6) is 0 Å². The molecule has 0 aliphatic rings. The van der Waals surface area contributed by atoms with Gasteiger partial charge in [0, 0.05) is 29.9 Å². The molecule has 2 unspecified atom stereocenters. The minimum absolute atomic E-state index is 0. The van der Waals surface area contributed by atoms with Crippen molar-refractivity contribution in [3.63, 3.8) is 0 Å². The minimum Gasteiger partial charge on any atom is -0.550 e. The number of hydrogen-bond donors (Lipinski definition) is 2. The number of hydrogen-bond acceptors (Lipinski definition) is 5. The normalized spacial score (nSPS) is 13.2. The SMILES string of the molecule is CC(C)c1nn(-c2ccccc2)c(-c2ccc(F)cc2)c1/C=C/C(O)CC(O)CC(=O)[O-].[Na+]. The van der Waals surface area contributed by atoms with Gasteiger partial charge in [-0.3, -0.25) is 0 Å². The summed E-state index contributed by atoms with van der Waals surface area (Å²) in [4.78, 5) is 10.6. The zero-order valence-corrected chi connectivity index (χ0v) is 21.0. The maximum atomic E-state index is 13.6. The Morgan fingerprint density at radius 1 is 1.12 bits per heavy atom. The maximum absolute atomic E-state index is 13.6. The first-order chi connectivity index (χ1) is 15.3. The molecule has 0 bridgehead atoms. The third kappa shape index (κ3) is 7.09.